The van der Waals surface area contributed by atoms with Gasteiger partial charge < -0.3 is 14.4 Å². The summed E-state index contributed by atoms with van der Waals surface area (Å²) in [4.78, 5) is 14.2. The molecule has 2 N–H and O–H groups in total. The summed E-state index contributed by atoms with van der Waals surface area (Å²) in [7, 11) is -7.52. The number of carboxylic acids is 1. The molecule has 6 rings (SSSR count). The predicted octanol–water partition coefficient (Wildman–Crippen LogP) is 6.16. The van der Waals surface area contributed by atoms with E-state index >= 15 is 0 Å². The van der Waals surface area contributed by atoms with Gasteiger partial charge in [-0.15, -0.1) is 12.6 Å². The zero-order chi connectivity index (χ0) is 36.7. The Balaban J connectivity index is 0.00000120. The lowest BCUT2D eigenvalue weighted by Gasteiger charge is -2.25. The average Bonchev–Trinajstić information content (AvgIpc) is 3.11. The maximum Gasteiger partial charge on any atom is 0.425 e. The molecule has 0 saturated carbocycles. The number of carboxylic acid groups (broad SMARTS) is 1. The first kappa shape index (κ1) is 36.6. The largest absolute Gasteiger partial charge is 0.478 e. The monoisotopic (exact) mass is 727 g/mol. The Morgan fingerprint density at radius 1 is 0.824 bits per heavy atom. The minimum Gasteiger partial charge on any atom is -0.478 e. The van der Waals surface area contributed by atoms with E-state index in [1.165, 1.54) is 11.6 Å². The van der Waals surface area contributed by atoms with Crippen molar-refractivity contribution in [2.75, 3.05) is 18.0 Å². The molecule has 0 radical (unpaired) electrons. The maximum atomic E-state index is 12.4. The quantitative estimate of drug-likeness (QED) is 0.0949. The molecule has 13 heteroatoms. The Morgan fingerprint density at radius 3 is 2.16 bits per heavy atom. The van der Waals surface area contributed by atoms with Gasteiger partial charge in [-0.05, 0) is 55.3 Å². The van der Waals surface area contributed by atoms with E-state index in [4.69, 9.17) is 17.0 Å². The van der Waals surface area contributed by atoms with E-state index in [1.807, 2.05) is 78.6 Å². The molecule has 0 unspecified atom stereocenters. The minimum absolute atomic E-state index is 0.133. The van der Waals surface area contributed by atoms with Crippen LogP contribution in [0.2, 0.25) is 0 Å². The van der Waals surface area contributed by atoms with Gasteiger partial charge in [0.15, 0.2) is 6.54 Å². The third kappa shape index (κ3) is 8.58. The molecule has 0 bridgehead atoms. The van der Waals surface area contributed by atoms with E-state index in [2.05, 4.69) is 23.6 Å². The van der Waals surface area contributed by atoms with Crippen molar-refractivity contribution in [3.8, 4) is 22.5 Å². The molecule has 2 aliphatic rings. The Kier molecular flexibility index (Phi) is 11.4. The molecule has 1 aliphatic heterocycles. The molecule has 4 aromatic rings. The minimum atomic E-state index is -4.41. The Hall–Kier alpha value is -5.63. The molecule has 0 spiro atoms. The summed E-state index contributed by atoms with van der Waals surface area (Å²) in [6.45, 7) is 6.32. The van der Waals surface area contributed by atoms with Gasteiger partial charge in [-0.3, -0.25) is 4.55 Å². The fourth-order valence-electron chi connectivity index (χ4n) is 6.11. The van der Waals surface area contributed by atoms with Crippen LogP contribution in [-0.2, 0) is 33.8 Å². The summed E-state index contributed by atoms with van der Waals surface area (Å²) in [6.07, 6.45) is 0. The van der Waals surface area contributed by atoms with Crippen LogP contribution >= 0.6 is 0 Å². The highest BCUT2D eigenvalue weighted by molar-refractivity contribution is 7.85. The van der Waals surface area contributed by atoms with Crippen LogP contribution < -0.4 is 14.8 Å². The van der Waals surface area contributed by atoms with Crippen molar-refractivity contribution in [2.45, 2.75) is 31.8 Å². The highest BCUT2D eigenvalue weighted by atomic mass is 32.2. The molecule has 4 aromatic carbocycles. The second-order valence-corrected chi connectivity index (χ2v) is 13.3. The van der Waals surface area contributed by atoms with E-state index in [-0.39, 0.29) is 17.0 Å². The predicted molar refractivity (Wildman–Crippen MR) is 194 cm³/mol. The number of carbonyl (C=O) groups is 1. The molecule has 0 atom stereocenters. The number of rotatable bonds is 10. The topological polar surface area (TPSA) is 162 Å². The second-order valence-electron chi connectivity index (χ2n) is 11.5. The lowest BCUT2D eigenvalue weighted by Crippen LogP contribution is -2.29. The van der Waals surface area contributed by atoms with Crippen LogP contribution in [0.5, 0.6) is 0 Å². The first-order valence-electron chi connectivity index (χ1n) is 15.9. The smallest absolute Gasteiger partial charge is 0.425 e. The van der Waals surface area contributed by atoms with Crippen molar-refractivity contribution in [1.29, 1.82) is 0 Å². The Labute approximate surface area is 296 Å². The third-order valence-corrected chi connectivity index (χ3v) is 9.39. The van der Waals surface area contributed by atoms with Gasteiger partial charge in [0, 0.05) is 53.0 Å². The molecule has 1 aliphatic carbocycles. The van der Waals surface area contributed by atoms with Gasteiger partial charge in [-0.25, -0.2) is 9.37 Å². The van der Waals surface area contributed by atoms with Crippen molar-refractivity contribution in [2.24, 2.45) is 0 Å². The number of fused-ring (bicyclic) bond motifs is 2. The van der Waals surface area contributed by atoms with Crippen LogP contribution in [0.3, 0.4) is 0 Å². The van der Waals surface area contributed by atoms with Crippen LogP contribution in [-0.4, -0.2) is 49.8 Å². The molecule has 11 nitrogen and oxygen atoms in total. The van der Waals surface area contributed by atoms with Crippen molar-refractivity contribution < 1.29 is 39.9 Å². The first-order chi connectivity index (χ1) is 24.4. The van der Waals surface area contributed by atoms with Gasteiger partial charge in [0.1, 0.15) is 17.9 Å². The van der Waals surface area contributed by atoms with Crippen LogP contribution in [0.1, 0.15) is 35.3 Å². The molecule has 0 aromatic heterocycles. The van der Waals surface area contributed by atoms with Gasteiger partial charge in [0.25, 0.3) is 10.1 Å². The van der Waals surface area contributed by atoms with E-state index in [9.17, 15) is 22.9 Å². The normalized spacial score (nSPS) is 11.8. The van der Waals surface area contributed by atoms with Gasteiger partial charge in [0.2, 0.25) is 5.36 Å². The first-order valence-corrected chi connectivity index (χ1v) is 18.4. The third-order valence-electron chi connectivity index (χ3n) is 8.44. The van der Waals surface area contributed by atoms with Crippen LogP contribution in [0.25, 0.3) is 33.4 Å². The number of aromatic carboxylic acids is 1. The van der Waals surface area contributed by atoms with Gasteiger partial charge in [0.05, 0.1) is 16.5 Å². The highest BCUT2D eigenvalue weighted by Crippen LogP contribution is 2.42. The molecular formula is C38H35N2O9S2+. The van der Waals surface area contributed by atoms with Gasteiger partial charge in [-0.1, -0.05) is 66.7 Å². The van der Waals surface area contributed by atoms with Crippen LogP contribution in [0.15, 0.2) is 125 Å². The molecule has 51 heavy (non-hydrogen) atoms. The van der Waals surface area contributed by atoms with E-state index in [0.717, 1.165) is 34.1 Å². The number of hydrogen-bond donors (Lipinski definition) is 2. The number of anilines is 1. The van der Waals surface area contributed by atoms with E-state index in [1.54, 1.807) is 30.3 Å². The summed E-state index contributed by atoms with van der Waals surface area (Å²) in [5.74, 6) is -0.417. The molecule has 262 valence electrons. The summed E-state index contributed by atoms with van der Waals surface area (Å²) in [5, 5.41) is 11.8. The summed E-state index contributed by atoms with van der Waals surface area (Å²) in [5.41, 5.74) is 5.28. The average molecular weight is 728 g/mol. The zero-order valence-electron chi connectivity index (χ0n) is 27.8. The van der Waals surface area contributed by atoms with Crippen LogP contribution in [0.4, 0.5) is 5.69 Å². The molecule has 0 saturated heterocycles. The standard InChI is InChI=1S/C38H34N2O6S.O3S/c1-3-39(24-26-12-6-5-7-13-26)28-18-20-32-34(22-28)46-35-23-29(40(4-2)25-27-14-8-11-17-36(27)47(43,44)45)19-21-33(35)37(32)30-15-9-10-16-31(30)38(41)42;1-4(2)3/h5-23H,3-4,24-25H2,1-2H3,(H-,41,42,43,44,45);/p+1. The molecular weight excluding hydrogens is 693 g/mol. The fraction of sp³-hybridized carbons (Fsp3) is 0.158. The van der Waals surface area contributed by atoms with Crippen molar-refractivity contribution in [1.82, 2.24) is 4.58 Å². The Morgan fingerprint density at radius 2 is 1.49 bits per heavy atom. The number of nitrogens with zero attached hydrogens (tertiary/aromatic N) is 2. The lowest BCUT2D eigenvalue weighted by molar-refractivity contribution is 0.0697. The van der Waals surface area contributed by atoms with Crippen molar-refractivity contribution in [3.05, 3.63) is 137 Å². The fourth-order valence-corrected chi connectivity index (χ4v) is 6.82. The molecule has 0 amide bonds. The summed E-state index contributed by atoms with van der Waals surface area (Å²) in [6, 6.07) is 35.4. The van der Waals surface area contributed by atoms with Crippen LogP contribution in [0, 0.1) is 0 Å². The summed E-state index contributed by atoms with van der Waals surface area (Å²) < 4.78 is 68.2. The zero-order valence-corrected chi connectivity index (χ0v) is 29.4. The SMILES string of the molecule is CCN(Cc1ccccc1S(=O)(=O)O)c1ccc2c(-c3ccccc3C(=O)O)c3ccc(=[N+](CC)Cc4ccccc4)cc-3oc2c1.O=S(=O)=O. The molecule has 1 heterocycles. The second kappa shape index (κ2) is 15.9. The highest BCUT2D eigenvalue weighted by Gasteiger charge is 2.23. The maximum absolute atomic E-state index is 12.4. The van der Waals surface area contributed by atoms with Crippen molar-refractivity contribution >= 4 is 43.4 Å². The summed E-state index contributed by atoms with van der Waals surface area (Å²) >= 11 is 0. The lowest BCUT2D eigenvalue weighted by atomic mass is 9.90. The van der Waals surface area contributed by atoms with Crippen molar-refractivity contribution in [3.63, 3.8) is 0 Å². The van der Waals surface area contributed by atoms with E-state index in [0.29, 0.717) is 35.6 Å². The van der Waals surface area contributed by atoms with Gasteiger partial charge >= 0.3 is 16.6 Å². The number of hydrogen-bond acceptors (Lipinski definition) is 8. The van der Waals surface area contributed by atoms with Gasteiger partial charge in [-0.2, -0.15) is 8.42 Å². The molecule has 0 fully saturated rings. The Bertz CT molecular complexity index is 2470. The van der Waals surface area contributed by atoms with E-state index < -0.39 is 26.7 Å². The number of benzene rings is 5.